The Morgan fingerprint density at radius 2 is 1.59 bits per heavy atom. The van der Waals surface area contributed by atoms with Gasteiger partial charge in [-0.25, -0.2) is 0 Å². The summed E-state index contributed by atoms with van der Waals surface area (Å²) in [6.07, 6.45) is 14.5. The lowest BCUT2D eigenvalue weighted by Gasteiger charge is -2.33. The van der Waals surface area contributed by atoms with Crippen molar-refractivity contribution in [2.24, 2.45) is 5.41 Å². The fourth-order valence-electron chi connectivity index (χ4n) is 3.02. The van der Waals surface area contributed by atoms with E-state index in [0.29, 0.717) is 0 Å². The van der Waals surface area contributed by atoms with Gasteiger partial charge in [-0.1, -0.05) is 64.7 Å². The summed E-state index contributed by atoms with van der Waals surface area (Å²) >= 11 is 5.84. The van der Waals surface area contributed by atoms with E-state index in [1.54, 1.807) is 0 Å². The number of unbranched alkanes of at least 4 members (excludes halogenated alkanes) is 5. The van der Waals surface area contributed by atoms with Crippen LogP contribution in [-0.2, 0) is 4.79 Å². The Hall–Kier alpha value is -0.0400. The molecule has 100 valence electrons. The van der Waals surface area contributed by atoms with Gasteiger partial charge in [0.2, 0.25) is 5.24 Å². The monoisotopic (exact) mass is 258 g/mol. The molecule has 0 radical (unpaired) electrons. The summed E-state index contributed by atoms with van der Waals surface area (Å²) in [5.74, 6) is 0. The van der Waals surface area contributed by atoms with Crippen LogP contribution in [0.5, 0.6) is 0 Å². The second-order valence-corrected chi connectivity index (χ2v) is 5.98. The highest BCUT2D eigenvalue weighted by Crippen LogP contribution is 2.42. The fraction of sp³-hybridized carbons (Fsp3) is 0.933. The van der Waals surface area contributed by atoms with Gasteiger partial charge in [0.05, 0.1) is 0 Å². The summed E-state index contributed by atoms with van der Waals surface area (Å²) in [6, 6.07) is 0. The van der Waals surface area contributed by atoms with Crippen molar-refractivity contribution in [1.29, 1.82) is 0 Å². The van der Waals surface area contributed by atoms with Crippen LogP contribution in [0.2, 0.25) is 0 Å². The van der Waals surface area contributed by atoms with Crippen LogP contribution in [-0.4, -0.2) is 5.24 Å². The van der Waals surface area contributed by atoms with Crippen LogP contribution < -0.4 is 0 Å². The number of carbonyl (C=O) groups is 1. The smallest absolute Gasteiger partial charge is 0.227 e. The van der Waals surface area contributed by atoms with Gasteiger partial charge in [-0.3, -0.25) is 4.79 Å². The zero-order valence-electron chi connectivity index (χ0n) is 11.3. The first-order chi connectivity index (χ1) is 8.21. The summed E-state index contributed by atoms with van der Waals surface area (Å²) in [5.41, 5.74) is -0.148. The van der Waals surface area contributed by atoms with Gasteiger partial charge in [0.25, 0.3) is 0 Å². The van der Waals surface area contributed by atoms with E-state index in [-0.39, 0.29) is 10.7 Å². The number of rotatable bonds is 8. The fourth-order valence-corrected chi connectivity index (χ4v) is 3.30. The molecule has 0 saturated heterocycles. The maximum atomic E-state index is 11.7. The zero-order chi connectivity index (χ0) is 12.6. The topological polar surface area (TPSA) is 17.1 Å². The van der Waals surface area contributed by atoms with Crippen molar-refractivity contribution in [1.82, 2.24) is 0 Å². The van der Waals surface area contributed by atoms with E-state index in [2.05, 4.69) is 6.92 Å². The number of hydrogen-bond acceptors (Lipinski definition) is 1. The van der Waals surface area contributed by atoms with Crippen molar-refractivity contribution >= 4 is 16.8 Å². The molecule has 0 aromatic heterocycles. The van der Waals surface area contributed by atoms with E-state index in [1.807, 2.05) is 0 Å². The third kappa shape index (κ3) is 4.99. The molecule has 1 fully saturated rings. The van der Waals surface area contributed by atoms with E-state index in [9.17, 15) is 4.79 Å². The average Bonchev–Trinajstić information content (AvgIpc) is 2.34. The van der Waals surface area contributed by atoms with Crippen molar-refractivity contribution < 1.29 is 4.79 Å². The number of carbonyl (C=O) groups excluding carboxylic acids is 1. The van der Waals surface area contributed by atoms with Gasteiger partial charge in [-0.15, -0.1) is 0 Å². The van der Waals surface area contributed by atoms with E-state index in [1.165, 1.54) is 57.8 Å². The quantitative estimate of drug-likeness (QED) is 0.418. The first-order valence-electron chi connectivity index (χ1n) is 7.41. The molecule has 0 aromatic rings. The summed E-state index contributed by atoms with van der Waals surface area (Å²) in [6.45, 7) is 2.24. The molecular weight excluding hydrogens is 232 g/mol. The van der Waals surface area contributed by atoms with Crippen LogP contribution >= 0.6 is 11.6 Å². The van der Waals surface area contributed by atoms with E-state index < -0.39 is 0 Å². The van der Waals surface area contributed by atoms with E-state index in [4.69, 9.17) is 11.6 Å². The molecule has 0 bridgehead atoms. The lowest BCUT2D eigenvalue weighted by Crippen LogP contribution is -2.30. The average molecular weight is 259 g/mol. The molecule has 1 rings (SSSR count). The predicted molar refractivity (Wildman–Crippen MR) is 74.4 cm³/mol. The maximum Gasteiger partial charge on any atom is 0.227 e. The van der Waals surface area contributed by atoms with Crippen LogP contribution in [0.4, 0.5) is 0 Å². The normalized spacial score (nSPS) is 19.2. The van der Waals surface area contributed by atoms with Gasteiger partial charge in [-0.2, -0.15) is 0 Å². The first kappa shape index (κ1) is 15.0. The highest BCUT2D eigenvalue weighted by molar-refractivity contribution is 6.64. The minimum atomic E-state index is -0.148. The summed E-state index contributed by atoms with van der Waals surface area (Å²) in [5, 5.41) is -0.0641. The third-order valence-corrected chi connectivity index (χ3v) is 4.64. The largest absolute Gasteiger partial charge is 0.281 e. The standard InChI is InChI=1S/C15H27ClO/c1-2-3-4-5-6-8-11-15(14(16)17)12-9-7-10-13-15/h2-13H2,1H3. The van der Waals surface area contributed by atoms with Gasteiger partial charge in [0.1, 0.15) is 0 Å². The molecule has 0 heterocycles. The summed E-state index contributed by atoms with van der Waals surface area (Å²) in [4.78, 5) is 11.7. The second kappa shape index (κ2) is 8.13. The molecule has 0 aromatic carbocycles. The molecule has 0 N–H and O–H groups in total. The Morgan fingerprint density at radius 1 is 1.00 bits per heavy atom. The van der Waals surface area contributed by atoms with Crippen molar-refractivity contribution in [3.05, 3.63) is 0 Å². The third-order valence-electron chi connectivity index (χ3n) is 4.24. The highest BCUT2D eigenvalue weighted by Gasteiger charge is 2.37. The van der Waals surface area contributed by atoms with Gasteiger partial charge >= 0.3 is 0 Å². The van der Waals surface area contributed by atoms with Crippen LogP contribution in [0.1, 0.15) is 84.0 Å². The summed E-state index contributed by atoms with van der Waals surface area (Å²) in [7, 11) is 0. The Labute approximate surface area is 111 Å². The van der Waals surface area contributed by atoms with E-state index >= 15 is 0 Å². The molecule has 17 heavy (non-hydrogen) atoms. The van der Waals surface area contributed by atoms with Crippen molar-refractivity contribution in [2.75, 3.05) is 0 Å². The minimum Gasteiger partial charge on any atom is -0.281 e. The predicted octanol–water partition coefficient (Wildman–Crippen LogP) is 5.45. The van der Waals surface area contributed by atoms with Crippen LogP contribution in [0, 0.1) is 5.41 Å². The molecule has 0 amide bonds. The Morgan fingerprint density at radius 3 is 2.18 bits per heavy atom. The summed E-state index contributed by atoms with van der Waals surface area (Å²) < 4.78 is 0. The molecule has 0 spiro atoms. The molecule has 2 heteroatoms. The molecule has 0 atom stereocenters. The van der Waals surface area contributed by atoms with Crippen LogP contribution in [0.25, 0.3) is 0 Å². The molecule has 0 aliphatic heterocycles. The molecule has 1 aliphatic carbocycles. The lowest BCUT2D eigenvalue weighted by molar-refractivity contribution is -0.122. The van der Waals surface area contributed by atoms with Crippen molar-refractivity contribution in [3.63, 3.8) is 0 Å². The van der Waals surface area contributed by atoms with Gasteiger partial charge < -0.3 is 0 Å². The first-order valence-corrected chi connectivity index (χ1v) is 7.79. The van der Waals surface area contributed by atoms with Gasteiger partial charge in [0, 0.05) is 5.41 Å². The van der Waals surface area contributed by atoms with Crippen molar-refractivity contribution in [2.45, 2.75) is 84.0 Å². The van der Waals surface area contributed by atoms with Crippen LogP contribution in [0.3, 0.4) is 0 Å². The second-order valence-electron chi connectivity index (χ2n) is 5.63. The van der Waals surface area contributed by atoms with Crippen molar-refractivity contribution in [3.8, 4) is 0 Å². The Bertz CT molecular complexity index is 219. The lowest BCUT2D eigenvalue weighted by atomic mass is 9.72. The Balaban J connectivity index is 2.23. The van der Waals surface area contributed by atoms with E-state index in [0.717, 1.165) is 19.3 Å². The van der Waals surface area contributed by atoms with Gasteiger partial charge in [-0.05, 0) is 30.9 Å². The number of hydrogen-bond donors (Lipinski definition) is 0. The van der Waals surface area contributed by atoms with Crippen LogP contribution in [0.15, 0.2) is 0 Å². The SMILES string of the molecule is CCCCCCCCC1(C(=O)Cl)CCCCC1. The highest BCUT2D eigenvalue weighted by atomic mass is 35.5. The van der Waals surface area contributed by atoms with Gasteiger partial charge in [0.15, 0.2) is 0 Å². The molecule has 1 saturated carbocycles. The molecule has 1 aliphatic rings. The maximum absolute atomic E-state index is 11.7. The number of halogens is 1. The Kier molecular flexibility index (Phi) is 7.18. The minimum absolute atomic E-state index is 0.0641. The molecular formula is C15H27ClO. The molecule has 0 unspecified atom stereocenters. The molecule has 1 nitrogen and oxygen atoms in total. The zero-order valence-corrected chi connectivity index (χ0v) is 12.0.